The van der Waals surface area contributed by atoms with Crippen LogP contribution in [0.3, 0.4) is 0 Å². The summed E-state index contributed by atoms with van der Waals surface area (Å²) < 4.78 is 39.2. The van der Waals surface area contributed by atoms with Crippen molar-refractivity contribution in [1.29, 1.82) is 0 Å². The van der Waals surface area contributed by atoms with Crippen molar-refractivity contribution < 1.29 is 23.1 Å². The van der Waals surface area contributed by atoms with Gasteiger partial charge in [0.05, 0.1) is 11.5 Å². The summed E-state index contributed by atoms with van der Waals surface area (Å²) in [6.45, 7) is 0.868. The summed E-state index contributed by atoms with van der Waals surface area (Å²) in [5, 5.41) is 9.27. The predicted octanol–water partition coefficient (Wildman–Crippen LogP) is 2.83. The number of hydrogen-bond acceptors (Lipinski definition) is 2. The Labute approximate surface area is 115 Å². The number of hydrogen-bond donors (Lipinski definition) is 1. The SMILES string of the molecule is CN1CCC(c2ccccc2C(F)(F)F)C(C(=O)O)C1. The van der Waals surface area contributed by atoms with E-state index in [4.69, 9.17) is 0 Å². The molecule has 3 nitrogen and oxygen atoms in total. The molecule has 0 amide bonds. The number of halogens is 3. The molecule has 6 heteroatoms. The third-order valence-corrected chi connectivity index (χ3v) is 3.80. The minimum Gasteiger partial charge on any atom is -0.481 e. The lowest BCUT2D eigenvalue weighted by atomic mass is 9.78. The van der Waals surface area contributed by atoms with Crippen molar-refractivity contribution in [3.05, 3.63) is 35.4 Å². The van der Waals surface area contributed by atoms with Crippen LogP contribution in [-0.2, 0) is 11.0 Å². The molecule has 0 radical (unpaired) electrons. The zero-order valence-electron chi connectivity index (χ0n) is 11.0. The van der Waals surface area contributed by atoms with Crippen molar-refractivity contribution in [2.75, 3.05) is 20.1 Å². The molecule has 0 spiro atoms. The second kappa shape index (κ2) is 5.44. The minimum atomic E-state index is -4.46. The molecule has 2 atom stereocenters. The van der Waals surface area contributed by atoms with Crippen LogP contribution in [0.25, 0.3) is 0 Å². The number of likely N-dealkylation sites (tertiary alicyclic amines) is 1. The largest absolute Gasteiger partial charge is 0.481 e. The topological polar surface area (TPSA) is 40.5 Å². The molecule has 110 valence electrons. The Bertz CT molecular complexity index is 501. The van der Waals surface area contributed by atoms with Crippen molar-refractivity contribution in [2.24, 2.45) is 5.92 Å². The highest BCUT2D eigenvalue weighted by atomic mass is 19.4. The Morgan fingerprint density at radius 3 is 2.60 bits per heavy atom. The van der Waals surface area contributed by atoms with E-state index in [1.807, 2.05) is 4.90 Å². The molecule has 1 saturated heterocycles. The van der Waals surface area contributed by atoms with Crippen LogP contribution in [0.5, 0.6) is 0 Å². The number of carboxylic acids is 1. The molecule has 2 rings (SSSR count). The van der Waals surface area contributed by atoms with E-state index in [0.29, 0.717) is 13.0 Å². The molecule has 2 unspecified atom stereocenters. The van der Waals surface area contributed by atoms with E-state index >= 15 is 0 Å². The van der Waals surface area contributed by atoms with E-state index in [1.54, 1.807) is 7.05 Å². The summed E-state index contributed by atoms with van der Waals surface area (Å²) in [6, 6.07) is 5.28. The lowest BCUT2D eigenvalue weighted by Crippen LogP contribution is -2.41. The van der Waals surface area contributed by atoms with Crippen molar-refractivity contribution in [3.63, 3.8) is 0 Å². The van der Waals surface area contributed by atoms with E-state index in [9.17, 15) is 23.1 Å². The maximum Gasteiger partial charge on any atom is 0.416 e. The lowest BCUT2D eigenvalue weighted by molar-refractivity contribution is -0.146. The Balaban J connectivity index is 2.42. The van der Waals surface area contributed by atoms with Gasteiger partial charge in [0.25, 0.3) is 0 Å². The molecule has 0 aromatic heterocycles. The summed E-state index contributed by atoms with van der Waals surface area (Å²) in [4.78, 5) is 13.2. The van der Waals surface area contributed by atoms with Crippen LogP contribution in [0.2, 0.25) is 0 Å². The highest BCUT2D eigenvalue weighted by Gasteiger charge is 2.40. The summed E-state index contributed by atoms with van der Waals surface area (Å²) >= 11 is 0. The first-order valence-corrected chi connectivity index (χ1v) is 6.38. The zero-order valence-corrected chi connectivity index (χ0v) is 11.0. The second-order valence-electron chi connectivity index (χ2n) is 5.19. The molecule has 1 aliphatic heterocycles. The number of aliphatic carboxylic acids is 1. The number of carboxylic acid groups (broad SMARTS) is 1. The highest BCUT2D eigenvalue weighted by molar-refractivity contribution is 5.72. The molecule has 1 aromatic carbocycles. The highest BCUT2D eigenvalue weighted by Crippen LogP contribution is 2.40. The van der Waals surface area contributed by atoms with Gasteiger partial charge in [0, 0.05) is 12.5 Å². The summed E-state index contributed by atoms with van der Waals surface area (Å²) in [6.07, 6.45) is -4.04. The minimum absolute atomic E-state index is 0.0977. The monoisotopic (exact) mass is 287 g/mol. The van der Waals surface area contributed by atoms with Gasteiger partial charge < -0.3 is 10.0 Å². The number of rotatable bonds is 2. The molecule has 0 saturated carbocycles. The van der Waals surface area contributed by atoms with Crippen molar-refractivity contribution in [1.82, 2.24) is 4.90 Å². The molecule has 1 N–H and O–H groups in total. The number of piperidine rings is 1. The summed E-state index contributed by atoms with van der Waals surface area (Å²) in [5.74, 6) is -2.45. The maximum absolute atomic E-state index is 13.1. The predicted molar refractivity (Wildman–Crippen MR) is 67.4 cm³/mol. The smallest absolute Gasteiger partial charge is 0.416 e. The van der Waals surface area contributed by atoms with Gasteiger partial charge in [-0.2, -0.15) is 13.2 Å². The molecular weight excluding hydrogens is 271 g/mol. The van der Waals surface area contributed by atoms with Crippen LogP contribution in [-0.4, -0.2) is 36.1 Å². The van der Waals surface area contributed by atoms with E-state index in [1.165, 1.54) is 18.2 Å². The van der Waals surface area contributed by atoms with Crippen LogP contribution in [0.1, 0.15) is 23.5 Å². The van der Waals surface area contributed by atoms with Gasteiger partial charge in [-0.3, -0.25) is 4.79 Å². The molecular formula is C14H16F3NO2. The summed E-state index contributed by atoms with van der Waals surface area (Å²) in [7, 11) is 1.78. The Kier molecular flexibility index (Phi) is 4.04. The van der Waals surface area contributed by atoms with E-state index < -0.39 is 29.5 Å². The Morgan fingerprint density at radius 2 is 2.00 bits per heavy atom. The first-order chi connectivity index (χ1) is 9.30. The fourth-order valence-corrected chi connectivity index (χ4v) is 2.82. The van der Waals surface area contributed by atoms with Crippen LogP contribution in [0.4, 0.5) is 13.2 Å². The van der Waals surface area contributed by atoms with Gasteiger partial charge in [-0.15, -0.1) is 0 Å². The molecule has 1 heterocycles. The van der Waals surface area contributed by atoms with Crippen LogP contribution >= 0.6 is 0 Å². The lowest BCUT2D eigenvalue weighted by Gasteiger charge is -2.35. The third kappa shape index (κ3) is 2.95. The van der Waals surface area contributed by atoms with Gasteiger partial charge in [-0.25, -0.2) is 0 Å². The molecule has 1 fully saturated rings. The molecule has 0 bridgehead atoms. The van der Waals surface area contributed by atoms with Crippen molar-refractivity contribution >= 4 is 5.97 Å². The van der Waals surface area contributed by atoms with Gasteiger partial charge in [-0.1, -0.05) is 18.2 Å². The fraction of sp³-hybridized carbons (Fsp3) is 0.500. The normalized spacial score (nSPS) is 24.6. The number of alkyl halides is 3. The molecule has 0 aliphatic carbocycles. The van der Waals surface area contributed by atoms with E-state index in [2.05, 4.69) is 0 Å². The maximum atomic E-state index is 13.1. The third-order valence-electron chi connectivity index (χ3n) is 3.80. The van der Waals surface area contributed by atoms with E-state index in [-0.39, 0.29) is 12.1 Å². The number of benzene rings is 1. The molecule has 20 heavy (non-hydrogen) atoms. The van der Waals surface area contributed by atoms with Crippen LogP contribution in [0, 0.1) is 5.92 Å². The van der Waals surface area contributed by atoms with Crippen molar-refractivity contribution in [3.8, 4) is 0 Å². The standard InChI is InChI=1S/C14H16F3NO2/c1-18-7-6-9(11(8-18)13(19)20)10-4-2-3-5-12(10)14(15,16)17/h2-5,9,11H,6-8H2,1H3,(H,19,20). The van der Waals surface area contributed by atoms with Gasteiger partial charge in [0.2, 0.25) is 0 Å². The van der Waals surface area contributed by atoms with Crippen molar-refractivity contribution in [2.45, 2.75) is 18.5 Å². The number of carbonyl (C=O) groups is 1. The average Bonchev–Trinajstić information content (AvgIpc) is 2.37. The van der Waals surface area contributed by atoms with Crippen LogP contribution < -0.4 is 0 Å². The first-order valence-electron chi connectivity index (χ1n) is 6.38. The Morgan fingerprint density at radius 1 is 1.35 bits per heavy atom. The Hall–Kier alpha value is -1.56. The quantitative estimate of drug-likeness (QED) is 0.909. The second-order valence-corrected chi connectivity index (χ2v) is 5.19. The van der Waals surface area contributed by atoms with Gasteiger partial charge >= 0.3 is 12.1 Å². The zero-order chi connectivity index (χ0) is 14.9. The molecule has 1 aromatic rings. The fourth-order valence-electron chi connectivity index (χ4n) is 2.82. The van der Waals surface area contributed by atoms with E-state index in [0.717, 1.165) is 6.07 Å². The molecule has 1 aliphatic rings. The van der Waals surface area contributed by atoms with Gasteiger partial charge in [0.15, 0.2) is 0 Å². The van der Waals surface area contributed by atoms with Gasteiger partial charge in [-0.05, 0) is 31.6 Å². The first kappa shape index (κ1) is 14.8. The summed E-state index contributed by atoms with van der Waals surface area (Å²) in [5.41, 5.74) is -0.624. The average molecular weight is 287 g/mol. The van der Waals surface area contributed by atoms with Crippen LogP contribution in [0.15, 0.2) is 24.3 Å². The van der Waals surface area contributed by atoms with Gasteiger partial charge in [0.1, 0.15) is 0 Å². The number of nitrogens with zero attached hydrogens (tertiary/aromatic N) is 1.